The zero-order valence-corrected chi connectivity index (χ0v) is 9.54. The van der Waals surface area contributed by atoms with Gasteiger partial charge in [0.25, 0.3) is 0 Å². The lowest BCUT2D eigenvalue weighted by Gasteiger charge is -2.15. The third kappa shape index (κ3) is 2.38. The number of terminal acetylenes is 1. The number of nitrogens with two attached hydrogens (primary N) is 1. The van der Waals surface area contributed by atoms with Gasteiger partial charge in [-0.25, -0.2) is 0 Å². The van der Waals surface area contributed by atoms with Crippen molar-refractivity contribution in [2.75, 3.05) is 0 Å². The van der Waals surface area contributed by atoms with Crippen LogP contribution >= 0.6 is 0 Å². The topological polar surface area (TPSA) is 55.9 Å². The van der Waals surface area contributed by atoms with Gasteiger partial charge in [-0.1, -0.05) is 0 Å². The Morgan fingerprint density at radius 2 is 2.27 bits per heavy atom. The first-order chi connectivity index (χ1) is 7.11. The van der Waals surface area contributed by atoms with Gasteiger partial charge in [0, 0.05) is 24.7 Å². The van der Waals surface area contributed by atoms with Crippen LogP contribution in [0.1, 0.15) is 35.8 Å². The summed E-state index contributed by atoms with van der Waals surface area (Å²) in [5.41, 5.74) is 6.10. The molecule has 1 atom stereocenters. The fourth-order valence-corrected chi connectivity index (χ4v) is 1.83. The van der Waals surface area contributed by atoms with Crippen LogP contribution in [0, 0.1) is 26.2 Å². The molecule has 1 aromatic rings. The van der Waals surface area contributed by atoms with Gasteiger partial charge in [0.2, 0.25) is 0 Å². The van der Waals surface area contributed by atoms with Crippen molar-refractivity contribution >= 4 is 0 Å². The Hall–Kier alpha value is -1.31. The third-order valence-electron chi connectivity index (χ3n) is 2.69. The first-order valence-corrected chi connectivity index (χ1v) is 5.01. The molecular formula is C11H18N4. The molecule has 0 amide bonds. The highest BCUT2D eigenvalue weighted by atomic mass is 15.3. The average molecular weight is 206 g/mol. The standard InChI is InChI=1S/C11H18N4/c1-5-6-7-10(13-12)11-8(2)14-15(4)9(11)3/h1,10,13H,6-7,12H2,2-4H3. The van der Waals surface area contributed by atoms with E-state index in [0.717, 1.165) is 23.4 Å². The van der Waals surface area contributed by atoms with Crippen LogP contribution in [0.25, 0.3) is 0 Å². The second-order valence-corrected chi connectivity index (χ2v) is 3.67. The molecule has 1 heterocycles. The van der Waals surface area contributed by atoms with Crippen LogP contribution in [0.2, 0.25) is 0 Å². The van der Waals surface area contributed by atoms with Gasteiger partial charge in [0.1, 0.15) is 0 Å². The third-order valence-corrected chi connectivity index (χ3v) is 2.69. The van der Waals surface area contributed by atoms with Crippen LogP contribution in [-0.2, 0) is 7.05 Å². The van der Waals surface area contributed by atoms with Crippen molar-refractivity contribution in [2.24, 2.45) is 12.9 Å². The quantitative estimate of drug-likeness (QED) is 0.438. The molecule has 0 bridgehead atoms. The van der Waals surface area contributed by atoms with Crippen molar-refractivity contribution in [3.8, 4) is 12.3 Å². The molecule has 0 aliphatic heterocycles. The summed E-state index contributed by atoms with van der Waals surface area (Å²) in [6.45, 7) is 4.03. The maximum absolute atomic E-state index is 5.54. The Kier molecular flexibility index (Phi) is 3.89. The highest BCUT2D eigenvalue weighted by molar-refractivity contribution is 5.28. The van der Waals surface area contributed by atoms with Gasteiger partial charge in [0.15, 0.2) is 0 Å². The summed E-state index contributed by atoms with van der Waals surface area (Å²) in [6, 6.07) is 0.0924. The van der Waals surface area contributed by atoms with E-state index >= 15 is 0 Å². The van der Waals surface area contributed by atoms with Crippen molar-refractivity contribution in [3.05, 3.63) is 17.0 Å². The number of aryl methyl sites for hydroxylation is 2. The Morgan fingerprint density at radius 1 is 1.60 bits per heavy atom. The first kappa shape index (κ1) is 11.8. The molecular weight excluding hydrogens is 188 g/mol. The fourth-order valence-electron chi connectivity index (χ4n) is 1.83. The highest BCUT2D eigenvalue weighted by Crippen LogP contribution is 2.23. The van der Waals surface area contributed by atoms with Crippen LogP contribution in [-0.4, -0.2) is 9.78 Å². The van der Waals surface area contributed by atoms with Gasteiger partial charge >= 0.3 is 0 Å². The predicted molar refractivity (Wildman–Crippen MR) is 60.8 cm³/mol. The van der Waals surface area contributed by atoms with Crippen molar-refractivity contribution in [2.45, 2.75) is 32.7 Å². The summed E-state index contributed by atoms with van der Waals surface area (Å²) in [4.78, 5) is 0. The van der Waals surface area contributed by atoms with Crippen LogP contribution in [0.3, 0.4) is 0 Å². The number of nitrogens with one attached hydrogen (secondary N) is 1. The predicted octanol–water partition coefficient (Wildman–Crippen LogP) is 0.955. The van der Waals surface area contributed by atoms with Gasteiger partial charge in [-0.2, -0.15) is 5.10 Å². The molecule has 4 heteroatoms. The van der Waals surface area contributed by atoms with Crippen LogP contribution in [0.5, 0.6) is 0 Å². The maximum atomic E-state index is 5.54. The van der Waals surface area contributed by atoms with Gasteiger partial charge in [-0.15, -0.1) is 12.3 Å². The van der Waals surface area contributed by atoms with E-state index in [4.69, 9.17) is 12.3 Å². The number of nitrogens with zero attached hydrogens (tertiary/aromatic N) is 2. The van der Waals surface area contributed by atoms with E-state index in [2.05, 4.69) is 16.4 Å². The number of hydrazine groups is 1. The second-order valence-electron chi connectivity index (χ2n) is 3.67. The van der Waals surface area contributed by atoms with Crippen molar-refractivity contribution in [3.63, 3.8) is 0 Å². The molecule has 15 heavy (non-hydrogen) atoms. The van der Waals surface area contributed by atoms with Crippen molar-refractivity contribution in [1.29, 1.82) is 0 Å². The smallest absolute Gasteiger partial charge is 0.0644 e. The van der Waals surface area contributed by atoms with Crippen LogP contribution in [0.15, 0.2) is 0 Å². The van der Waals surface area contributed by atoms with E-state index < -0.39 is 0 Å². The molecule has 4 nitrogen and oxygen atoms in total. The lowest BCUT2D eigenvalue weighted by atomic mass is 10.0. The fraction of sp³-hybridized carbons (Fsp3) is 0.545. The Morgan fingerprint density at radius 3 is 2.67 bits per heavy atom. The summed E-state index contributed by atoms with van der Waals surface area (Å²) in [5.74, 6) is 8.16. The van der Waals surface area contributed by atoms with Crippen LogP contribution in [0.4, 0.5) is 0 Å². The molecule has 0 fully saturated rings. The lowest BCUT2D eigenvalue weighted by Crippen LogP contribution is -2.28. The Balaban J connectivity index is 2.96. The largest absolute Gasteiger partial charge is 0.272 e. The summed E-state index contributed by atoms with van der Waals surface area (Å²) in [6.07, 6.45) is 6.80. The van der Waals surface area contributed by atoms with Crippen molar-refractivity contribution in [1.82, 2.24) is 15.2 Å². The second kappa shape index (κ2) is 4.96. The average Bonchev–Trinajstić information content (AvgIpc) is 2.45. The van der Waals surface area contributed by atoms with E-state index in [1.807, 2.05) is 25.6 Å². The molecule has 1 rings (SSSR count). The number of hydrogen-bond donors (Lipinski definition) is 2. The Labute approximate surface area is 90.8 Å². The summed E-state index contributed by atoms with van der Waals surface area (Å²) < 4.78 is 1.87. The molecule has 0 saturated carbocycles. The highest BCUT2D eigenvalue weighted by Gasteiger charge is 2.18. The normalized spacial score (nSPS) is 12.5. The molecule has 1 unspecified atom stereocenters. The molecule has 0 radical (unpaired) electrons. The molecule has 82 valence electrons. The van der Waals surface area contributed by atoms with Gasteiger partial charge in [-0.3, -0.25) is 16.0 Å². The van der Waals surface area contributed by atoms with Crippen molar-refractivity contribution < 1.29 is 0 Å². The number of rotatable bonds is 4. The zero-order chi connectivity index (χ0) is 11.4. The zero-order valence-electron chi connectivity index (χ0n) is 9.54. The summed E-state index contributed by atoms with van der Waals surface area (Å²) in [5, 5.41) is 4.36. The Bertz CT molecular complexity index is 373. The molecule has 0 spiro atoms. The molecule has 0 aliphatic rings. The van der Waals surface area contributed by atoms with E-state index in [1.54, 1.807) is 0 Å². The molecule has 1 aromatic heterocycles. The molecule has 0 aromatic carbocycles. The van der Waals surface area contributed by atoms with Crippen LogP contribution < -0.4 is 11.3 Å². The van der Waals surface area contributed by atoms with E-state index in [-0.39, 0.29) is 6.04 Å². The monoisotopic (exact) mass is 206 g/mol. The molecule has 3 N–H and O–H groups in total. The first-order valence-electron chi connectivity index (χ1n) is 5.01. The lowest BCUT2D eigenvalue weighted by molar-refractivity contribution is 0.518. The van der Waals surface area contributed by atoms with Gasteiger partial charge in [0.05, 0.1) is 11.7 Å². The summed E-state index contributed by atoms with van der Waals surface area (Å²) >= 11 is 0. The number of aromatic nitrogens is 2. The maximum Gasteiger partial charge on any atom is 0.0644 e. The van der Waals surface area contributed by atoms with E-state index in [1.165, 1.54) is 0 Å². The minimum atomic E-state index is 0.0924. The van der Waals surface area contributed by atoms with Gasteiger partial charge in [-0.05, 0) is 20.3 Å². The molecule has 0 saturated heterocycles. The van der Waals surface area contributed by atoms with Gasteiger partial charge < -0.3 is 0 Å². The van der Waals surface area contributed by atoms with E-state index in [0.29, 0.717) is 6.42 Å². The SMILES string of the molecule is C#CCCC(NN)c1c(C)nn(C)c1C. The van der Waals surface area contributed by atoms with E-state index in [9.17, 15) is 0 Å². The number of hydrogen-bond acceptors (Lipinski definition) is 3. The minimum Gasteiger partial charge on any atom is -0.272 e. The minimum absolute atomic E-state index is 0.0924. The molecule has 0 aliphatic carbocycles. The summed E-state index contributed by atoms with van der Waals surface area (Å²) in [7, 11) is 1.93.